The Kier molecular flexibility index (Phi) is 4.06. The average Bonchev–Trinajstić information content (AvgIpc) is 2.56. The summed E-state index contributed by atoms with van der Waals surface area (Å²) in [7, 11) is 0. The van der Waals surface area contributed by atoms with Gasteiger partial charge in [-0.1, -0.05) is 17.7 Å². The molecule has 0 atom stereocenters. The molecule has 3 rings (SSSR count). The number of pyridine rings is 1. The molecule has 21 heavy (non-hydrogen) atoms. The van der Waals surface area contributed by atoms with Gasteiger partial charge in [0.15, 0.2) is 0 Å². The molecule has 108 valence electrons. The van der Waals surface area contributed by atoms with E-state index in [1.807, 2.05) is 42.5 Å². The highest BCUT2D eigenvalue weighted by Crippen LogP contribution is 2.19. The molecule has 0 aliphatic carbocycles. The predicted molar refractivity (Wildman–Crippen MR) is 86.3 cm³/mol. The molecule has 1 N–H and O–H groups in total. The Labute approximate surface area is 129 Å². The van der Waals surface area contributed by atoms with Crippen LogP contribution < -0.4 is 4.90 Å². The molecular weight excluding hydrogens is 284 g/mol. The summed E-state index contributed by atoms with van der Waals surface area (Å²) in [6.07, 6.45) is 1.73. The third kappa shape index (κ3) is 3.16. The molecule has 0 radical (unpaired) electrons. The Hall–Kier alpha value is -2.07. The van der Waals surface area contributed by atoms with Crippen LogP contribution in [0.4, 0.5) is 5.69 Å². The summed E-state index contributed by atoms with van der Waals surface area (Å²) in [5.41, 5.74) is 1.92. The van der Waals surface area contributed by atoms with Gasteiger partial charge in [-0.2, -0.15) is 0 Å². The number of piperazine rings is 1. The SMILES string of the molecule is N=C(c1ccccn1)N1CCN(c2ccc(Cl)cc2)CC1. The molecule has 2 heterocycles. The molecule has 1 aliphatic heterocycles. The number of rotatable bonds is 2. The lowest BCUT2D eigenvalue weighted by atomic mass is 10.2. The topological polar surface area (TPSA) is 43.2 Å². The number of anilines is 1. The van der Waals surface area contributed by atoms with E-state index < -0.39 is 0 Å². The van der Waals surface area contributed by atoms with Crippen LogP contribution >= 0.6 is 11.6 Å². The summed E-state index contributed by atoms with van der Waals surface area (Å²) in [5, 5.41) is 9.01. The second-order valence-corrected chi connectivity index (χ2v) is 5.45. The minimum atomic E-state index is 0.506. The second-order valence-electron chi connectivity index (χ2n) is 5.01. The van der Waals surface area contributed by atoms with Gasteiger partial charge in [0.25, 0.3) is 0 Å². The molecule has 4 nitrogen and oxygen atoms in total. The molecule has 0 unspecified atom stereocenters. The van der Waals surface area contributed by atoms with Crippen molar-refractivity contribution in [3.8, 4) is 0 Å². The van der Waals surface area contributed by atoms with Gasteiger partial charge in [-0.25, -0.2) is 0 Å². The third-order valence-electron chi connectivity index (χ3n) is 3.70. The monoisotopic (exact) mass is 300 g/mol. The third-order valence-corrected chi connectivity index (χ3v) is 3.95. The fraction of sp³-hybridized carbons (Fsp3) is 0.250. The molecule has 2 aromatic rings. The van der Waals surface area contributed by atoms with Crippen molar-refractivity contribution in [3.05, 3.63) is 59.4 Å². The van der Waals surface area contributed by atoms with Crippen LogP contribution in [0.5, 0.6) is 0 Å². The first kappa shape index (κ1) is 13.9. The van der Waals surface area contributed by atoms with Crippen LogP contribution in [0.15, 0.2) is 48.7 Å². The normalized spacial score (nSPS) is 15.1. The van der Waals surface area contributed by atoms with E-state index in [0.717, 1.165) is 36.9 Å². The van der Waals surface area contributed by atoms with E-state index >= 15 is 0 Å². The minimum absolute atomic E-state index is 0.506. The van der Waals surface area contributed by atoms with E-state index in [-0.39, 0.29) is 0 Å². The largest absolute Gasteiger partial charge is 0.368 e. The maximum Gasteiger partial charge on any atom is 0.147 e. The van der Waals surface area contributed by atoms with Gasteiger partial charge in [0.2, 0.25) is 0 Å². The quantitative estimate of drug-likeness (QED) is 0.685. The predicted octanol–water partition coefficient (Wildman–Crippen LogP) is 2.88. The summed E-state index contributed by atoms with van der Waals surface area (Å²) in [6, 6.07) is 13.6. The van der Waals surface area contributed by atoms with Crippen LogP contribution in [0.3, 0.4) is 0 Å². The van der Waals surface area contributed by atoms with Gasteiger partial charge in [-0.15, -0.1) is 0 Å². The molecule has 0 saturated carbocycles. The zero-order valence-electron chi connectivity index (χ0n) is 11.7. The summed E-state index contributed by atoms with van der Waals surface area (Å²) in [6.45, 7) is 3.46. The Bertz CT molecular complexity index is 604. The Morgan fingerprint density at radius 2 is 1.71 bits per heavy atom. The maximum atomic E-state index is 8.25. The first-order valence-electron chi connectivity index (χ1n) is 6.99. The van der Waals surface area contributed by atoms with Crippen molar-refractivity contribution in [1.29, 1.82) is 5.41 Å². The summed E-state index contributed by atoms with van der Waals surface area (Å²) in [4.78, 5) is 8.64. The number of benzene rings is 1. The van der Waals surface area contributed by atoms with Gasteiger partial charge < -0.3 is 9.80 Å². The van der Waals surface area contributed by atoms with Crippen LogP contribution in [0, 0.1) is 5.41 Å². The van der Waals surface area contributed by atoms with E-state index in [9.17, 15) is 0 Å². The lowest BCUT2D eigenvalue weighted by molar-refractivity contribution is 0.383. The zero-order chi connectivity index (χ0) is 14.7. The highest BCUT2D eigenvalue weighted by atomic mass is 35.5. The van der Waals surface area contributed by atoms with Gasteiger partial charge in [0, 0.05) is 43.1 Å². The molecule has 0 bridgehead atoms. The fourth-order valence-electron chi connectivity index (χ4n) is 2.50. The van der Waals surface area contributed by atoms with Crippen molar-refractivity contribution >= 4 is 23.1 Å². The standard InChI is InChI=1S/C16H17ClN4/c17-13-4-6-14(7-5-13)20-9-11-21(12-10-20)16(18)15-3-1-2-8-19-15/h1-8,18H,9-12H2. The van der Waals surface area contributed by atoms with Crippen molar-refractivity contribution in [2.75, 3.05) is 31.1 Å². The number of aromatic nitrogens is 1. The summed E-state index contributed by atoms with van der Waals surface area (Å²) >= 11 is 5.92. The fourth-order valence-corrected chi connectivity index (χ4v) is 2.63. The van der Waals surface area contributed by atoms with Gasteiger partial charge in [-0.05, 0) is 36.4 Å². The van der Waals surface area contributed by atoms with Crippen molar-refractivity contribution in [2.45, 2.75) is 0 Å². The minimum Gasteiger partial charge on any atom is -0.368 e. The average molecular weight is 301 g/mol. The number of amidine groups is 1. The van der Waals surface area contributed by atoms with Crippen LogP contribution in [0.1, 0.15) is 5.69 Å². The molecule has 5 heteroatoms. The maximum absolute atomic E-state index is 8.25. The number of nitrogens with zero attached hydrogens (tertiary/aromatic N) is 3. The first-order chi connectivity index (χ1) is 10.2. The van der Waals surface area contributed by atoms with E-state index in [1.165, 1.54) is 5.69 Å². The van der Waals surface area contributed by atoms with Crippen LogP contribution in [-0.2, 0) is 0 Å². The Balaban J connectivity index is 1.63. The van der Waals surface area contributed by atoms with E-state index in [4.69, 9.17) is 17.0 Å². The molecule has 1 aliphatic rings. The van der Waals surface area contributed by atoms with Gasteiger partial charge in [0.1, 0.15) is 11.5 Å². The molecule has 0 amide bonds. The molecule has 0 spiro atoms. The Morgan fingerprint density at radius 3 is 2.33 bits per heavy atom. The highest BCUT2D eigenvalue weighted by Gasteiger charge is 2.20. The van der Waals surface area contributed by atoms with Gasteiger partial charge in [-0.3, -0.25) is 10.4 Å². The molecular formula is C16H17ClN4. The second kappa shape index (κ2) is 6.14. The van der Waals surface area contributed by atoms with Crippen LogP contribution in [-0.4, -0.2) is 41.9 Å². The van der Waals surface area contributed by atoms with Crippen LogP contribution in [0.25, 0.3) is 0 Å². The van der Waals surface area contributed by atoms with Crippen molar-refractivity contribution in [3.63, 3.8) is 0 Å². The van der Waals surface area contributed by atoms with Crippen molar-refractivity contribution < 1.29 is 0 Å². The zero-order valence-corrected chi connectivity index (χ0v) is 12.4. The first-order valence-corrected chi connectivity index (χ1v) is 7.37. The van der Waals surface area contributed by atoms with Gasteiger partial charge >= 0.3 is 0 Å². The number of halogens is 1. The lowest BCUT2D eigenvalue weighted by Crippen LogP contribution is -2.49. The molecule has 1 aromatic heterocycles. The van der Waals surface area contributed by atoms with Gasteiger partial charge in [0.05, 0.1) is 0 Å². The van der Waals surface area contributed by atoms with Crippen molar-refractivity contribution in [1.82, 2.24) is 9.88 Å². The number of nitrogens with one attached hydrogen (secondary N) is 1. The highest BCUT2D eigenvalue weighted by molar-refractivity contribution is 6.30. The van der Waals surface area contributed by atoms with Crippen LogP contribution in [0.2, 0.25) is 5.02 Å². The molecule has 1 saturated heterocycles. The summed E-state index contributed by atoms with van der Waals surface area (Å²) < 4.78 is 0. The molecule has 1 fully saturated rings. The van der Waals surface area contributed by atoms with E-state index in [1.54, 1.807) is 6.20 Å². The smallest absolute Gasteiger partial charge is 0.147 e. The summed E-state index contributed by atoms with van der Waals surface area (Å²) in [5.74, 6) is 0.506. The Morgan fingerprint density at radius 1 is 1.00 bits per heavy atom. The lowest BCUT2D eigenvalue weighted by Gasteiger charge is -2.37. The number of hydrogen-bond donors (Lipinski definition) is 1. The molecule has 1 aromatic carbocycles. The van der Waals surface area contributed by atoms with E-state index in [0.29, 0.717) is 5.84 Å². The van der Waals surface area contributed by atoms with E-state index in [2.05, 4.69) is 14.8 Å². The van der Waals surface area contributed by atoms with Crippen molar-refractivity contribution in [2.24, 2.45) is 0 Å². The number of hydrogen-bond acceptors (Lipinski definition) is 3.